The third kappa shape index (κ3) is 8.45. The molecule has 0 fully saturated rings. The number of pyridine rings is 2. The van der Waals surface area contributed by atoms with Gasteiger partial charge in [0, 0.05) is 55.8 Å². The van der Waals surface area contributed by atoms with E-state index in [0.717, 1.165) is 59.0 Å². The van der Waals surface area contributed by atoms with Gasteiger partial charge in [0.1, 0.15) is 11.5 Å². The normalized spacial score (nSPS) is 12.4. The van der Waals surface area contributed by atoms with E-state index in [1.165, 1.54) is 21.7 Å². The predicted molar refractivity (Wildman–Crippen MR) is 200 cm³/mol. The smallest absolute Gasteiger partial charge is 0.164 e. The van der Waals surface area contributed by atoms with Gasteiger partial charge in [0.05, 0.1) is 16.4 Å². The summed E-state index contributed by atoms with van der Waals surface area (Å²) in [5.41, 5.74) is 6.13. The van der Waals surface area contributed by atoms with Crippen molar-refractivity contribution in [1.29, 1.82) is 0 Å². The van der Waals surface area contributed by atoms with Gasteiger partial charge in [-0.2, -0.15) is 0 Å². The summed E-state index contributed by atoms with van der Waals surface area (Å²) in [6, 6.07) is 23.0. The van der Waals surface area contributed by atoms with Crippen molar-refractivity contribution in [3.8, 4) is 22.4 Å². The number of carbonyl (C=O) groups excluding carboxylic acids is 1. The maximum Gasteiger partial charge on any atom is 0.164 e. The number of hydrogen-bond acceptors (Lipinski definition) is 4. The van der Waals surface area contributed by atoms with Crippen LogP contribution in [-0.4, -0.2) is 15.9 Å². The molecule has 0 saturated carbocycles. The van der Waals surface area contributed by atoms with Gasteiger partial charge in [-0.3, -0.25) is 9.78 Å². The second-order valence-electron chi connectivity index (χ2n) is 14.1. The summed E-state index contributed by atoms with van der Waals surface area (Å²) in [4.78, 5) is 16.8. The summed E-state index contributed by atoms with van der Waals surface area (Å²) in [7, 11) is 4.23. The van der Waals surface area contributed by atoms with Gasteiger partial charge in [-0.15, -0.1) is 40.5 Å². The first kappa shape index (κ1) is 39.1. The Kier molecular flexibility index (Phi) is 13.0. The Labute approximate surface area is 305 Å². The number of allylic oxidation sites excluding steroid dienone is 2. The van der Waals surface area contributed by atoms with Gasteiger partial charge in [0.25, 0.3) is 0 Å². The van der Waals surface area contributed by atoms with Crippen LogP contribution in [0, 0.1) is 23.9 Å². The van der Waals surface area contributed by atoms with Gasteiger partial charge in [0.15, 0.2) is 5.78 Å². The first-order valence-corrected chi connectivity index (χ1v) is 17.7. The zero-order valence-corrected chi connectivity index (χ0v) is 33.2. The average molecular weight is 840 g/mol. The van der Waals surface area contributed by atoms with Gasteiger partial charge in [-0.1, -0.05) is 91.5 Å². The molecule has 0 aliphatic carbocycles. The molecule has 1 N–H and O–H groups in total. The molecule has 48 heavy (non-hydrogen) atoms. The molecule has 0 aliphatic heterocycles. The number of thiophene rings is 1. The quantitative estimate of drug-likeness (QED) is 0.0696. The number of benzene rings is 2. The van der Waals surface area contributed by atoms with Crippen LogP contribution in [0.4, 0.5) is 0 Å². The monoisotopic (exact) mass is 840 g/mol. The second-order valence-corrected chi connectivity index (χ2v) is 15.1. The Morgan fingerprint density at radius 2 is 1.56 bits per heavy atom. The van der Waals surface area contributed by atoms with Crippen LogP contribution in [-0.2, 0) is 30.3 Å². The van der Waals surface area contributed by atoms with Gasteiger partial charge >= 0.3 is 0 Å². The van der Waals surface area contributed by atoms with Crippen molar-refractivity contribution in [3.63, 3.8) is 0 Å². The van der Waals surface area contributed by atoms with Crippen molar-refractivity contribution >= 4 is 38.1 Å². The Balaban J connectivity index is 0.000000301. The molecule has 0 aliphatic rings. The zero-order chi connectivity index (χ0) is 34.6. The molecule has 5 rings (SSSR count). The van der Waals surface area contributed by atoms with Crippen LogP contribution >= 0.6 is 11.3 Å². The summed E-state index contributed by atoms with van der Waals surface area (Å²) < 4.78 is 3.13. The molecule has 4 nitrogen and oxygen atoms in total. The van der Waals surface area contributed by atoms with Crippen LogP contribution in [0.1, 0.15) is 93.6 Å². The number of aliphatic hydroxyl groups is 1. The van der Waals surface area contributed by atoms with Crippen molar-refractivity contribution in [2.75, 3.05) is 0 Å². The third-order valence-corrected chi connectivity index (χ3v) is 11.0. The van der Waals surface area contributed by atoms with Crippen molar-refractivity contribution < 1.29 is 34.6 Å². The Bertz CT molecular complexity index is 1890. The standard InChI is InChI=1S/C27H23N2S.C15H28O2.Ir/c1-27(2,3)23-14-20(13-19-7-5-6-8-22(19)23)25-15-18(9-11-29(25)4)21-16-26-24(28-17-21)10-12-30-26;1-7-14(5,8-2)12(16)11-13(17)15(6,9-3)10-4;/h5-12,14-17H,4H2,1-3H3;11,16H,7-10H2,1-6H3;/q-1;;/b;12-11-;. The van der Waals surface area contributed by atoms with E-state index in [9.17, 15) is 9.90 Å². The Hall–Kier alpha value is -3.31. The average Bonchev–Trinajstić information content (AvgIpc) is 3.55. The molecule has 2 aromatic carbocycles. The molecule has 0 amide bonds. The minimum atomic E-state index is -0.337. The van der Waals surface area contributed by atoms with Gasteiger partial charge in [0.2, 0.25) is 0 Å². The molecular formula is C42H51IrN2O2S-. The molecule has 6 heteroatoms. The predicted octanol–water partition coefficient (Wildman–Crippen LogP) is 11.5. The van der Waals surface area contributed by atoms with Crippen LogP contribution in [0.5, 0.6) is 0 Å². The van der Waals surface area contributed by atoms with E-state index in [1.54, 1.807) is 11.3 Å². The fourth-order valence-corrected chi connectivity index (χ4v) is 6.40. The maximum atomic E-state index is 12.2. The van der Waals surface area contributed by atoms with E-state index in [0.29, 0.717) is 0 Å². The number of aliphatic hydroxyl groups excluding tert-OH is 1. The molecule has 257 valence electrons. The van der Waals surface area contributed by atoms with Crippen LogP contribution in [0.3, 0.4) is 0 Å². The summed E-state index contributed by atoms with van der Waals surface area (Å²) in [5.74, 6) is 0.286. The number of hydrogen-bond donors (Lipinski definition) is 1. The topological polar surface area (TPSA) is 54.1 Å². The molecular weight excluding hydrogens is 789 g/mol. The van der Waals surface area contributed by atoms with Crippen LogP contribution in [0.25, 0.3) is 43.4 Å². The third-order valence-electron chi connectivity index (χ3n) is 10.1. The largest absolute Gasteiger partial charge is 0.512 e. The van der Waals surface area contributed by atoms with E-state index in [2.05, 4.69) is 98.8 Å². The molecule has 3 heterocycles. The second kappa shape index (κ2) is 15.9. The van der Waals surface area contributed by atoms with Crippen molar-refractivity contribution in [2.24, 2.45) is 10.8 Å². The molecule has 3 aromatic heterocycles. The van der Waals surface area contributed by atoms with E-state index in [-0.39, 0.29) is 47.9 Å². The Morgan fingerprint density at radius 1 is 0.917 bits per heavy atom. The SMILES string of the molecule is CCC(C)(CC)C(=O)/C=C(\O)C(C)(CC)CC.[CH2-][n+]1ccc(-c2cnc3ccsc3c2)cc1-c1[c-]c2ccccc2c(C(C)(C)C)c1.[Ir]. The molecule has 5 aromatic rings. The molecule has 0 bridgehead atoms. The van der Waals surface area contributed by atoms with Crippen molar-refractivity contribution in [2.45, 2.75) is 93.4 Å². The Morgan fingerprint density at radius 3 is 2.19 bits per heavy atom. The number of ketones is 1. The van der Waals surface area contributed by atoms with Crippen LogP contribution < -0.4 is 4.57 Å². The summed E-state index contributed by atoms with van der Waals surface area (Å²) in [5, 5.41) is 14.6. The number of nitrogens with zero attached hydrogens (tertiary/aromatic N) is 2. The van der Waals surface area contributed by atoms with E-state index >= 15 is 0 Å². The van der Waals surface area contributed by atoms with E-state index < -0.39 is 0 Å². The molecule has 0 spiro atoms. The fraction of sp³-hybridized carbons (Fsp3) is 0.381. The van der Waals surface area contributed by atoms with Crippen LogP contribution in [0.2, 0.25) is 0 Å². The molecule has 1 radical (unpaired) electrons. The van der Waals surface area contributed by atoms with E-state index in [1.807, 2.05) is 58.5 Å². The number of rotatable bonds is 9. The summed E-state index contributed by atoms with van der Waals surface area (Å²) in [6.45, 7) is 18.9. The minimum Gasteiger partial charge on any atom is -0.512 e. The fourth-order valence-electron chi connectivity index (χ4n) is 5.62. The molecule has 0 unspecified atom stereocenters. The summed E-state index contributed by atoms with van der Waals surface area (Å²) >= 11 is 1.72. The number of aromatic nitrogens is 2. The zero-order valence-electron chi connectivity index (χ0n) is 30.0. The first-order valence-electron chi connectivity index (χ1n) is 16.8. The van der Waals surface area contributed by atoms with E-state index in [4.69, 9.17) is 0 Å². The molecule has 0 atom stereocenters. The number of carbonyl (C=O) groups is 1. The number of fused-ring (bicyclic) bond motifs is 2. The van der Waals surface area contributed by atoms with Crippen molar-refractivity contribution in [1.82, 2.24) is 4.98 Å². The maximum absolute atomic E-state index is 12.2. The van der Waals surface area contributed by atoms with Crippen molar-refractivity contribution in [3.05, 3.63) is 103 Å². The minimum absolute atomic E-state index is 0. The van der Waals surface area contributed by atoms with Gasteiger partial charge < -0.3 is 9.67 Å². The van der Waals surface area contributed by atoms with Gasteiger partial charge in [-0.25, -0.2) is 0 Å². The van der Waals surface area contributed by atoms with Crippen LogP contribution in [0.15, 0.2) is 84.2 Å². The summed E-state index contributed by atoms with van der Waals surface area (Å²) in [6.07, 6.45) is 8.72. The molecule has 0 saturated heterocycles. The first-order chi connectivity index (χ1) is 22.2. The van der Waals surface area contributed by atoms with Gasteiger partial charge in [-0.05, 0) is 66.3 Å².